The van der Waals surface area contributed by atoms with Crippen LogP contribution in [0, 0.1) is 6.92 Å². The Kier molecular flexibility index (Phi) is 2.31. The third kappa shape index (κ3) is 1.88. The first-order valence-electron chi connectivity index (χ1n) is 3.20. The lowest BCUT2D eigenvalue weighted by molar-refractivity contribution is 0.841. The van der Waals surface area contributed by atoms with E-state index in [1.54, 1.807) is 0 Å². The maximum absolute atomic E-state index is 3.83. The fourth-order valence-corrected chi connectivity index (χ4v) is 0.743. The van der Waals surface area contributed by atoms with Crippen molar-refractivity contribution in [3.8, 4) is 0 Å². The smallest absolute Gasteiger partial charge is 0.0519 e. The van der Waals surface area contributed by atoms with Crippen molar-refractivity contribution < 1.29 is 0 Å². The van der Waals surface area contributed by atoms with Crippen molar-refractivity contribution in [2.24, 2.45) is 0 Å². The van der Waals surface area contributed by atoms with Gasteiger partial charge < -0.3 is 0 Å². The molecule has 0 amide bonds. The van der Waals surface area contributed by atoms with Crippen LogP contribution >= 0.6 is 0 Å². The van der Waals surface area contributed by atoms with Crippen LogP contribution in [-0.2, 0) is 6.42 Å². The summed E-state index contributed by atoms with van der Waals surface area (Å²) in [4.78, 5) is 0. The fraction of sp³-hybridized carbons (Fsp3) is 0.429. The monoisotopic (exact) mass is 123 g/mol. The standard InChI is InChI=1S/C7H11N2/c1-2-3-4-7-5-8-9-6-7/h5-6H,1-4H2,(H,8,9). The van der Waals surface area contributed by atoms with Crippen LogP contribution in [0.15, 0.2) is 12.4 Å². The average Bonchev–Trinajstić information content (AvgIpc) is 2.34. The quantitative estimate of drug-likeness (QED) is 0.649. The van der Waals surface area contributed by atoms with Gasteiger partial charge in [-0.25, -0.2) is 0 Å². The summed E-state index contributed by atoms with van der Waals surface area (Å²) in [5.41, 5.74) is 1.28. The van der Waals surface area contributed by atoms with Gasteiger partial charge in [-0.1, -0.05) is 13.3 Å². The topological polar surface area (TPSA) is 28.7 Å². The largest absolute Gasteiger partial charge is 0.285 e. The third-order valence-corrected chi connectivity index (χ3v) is 1.27. The number of hydrogen-bond acceptors (Lipinski definition) is 1. The minimum atomic E-state index is 1.01. The molecule has 1 aromatic rings. The number of hydrogen-bond donors (Lipinski definition) is 1. The van der Waals surface area contributed by atoms with E-state index >= 15 is 0 Å². The summed E-state index contributed by atoms with van der Waals surface area (Å²) in [6.45, 7) is 3.75. The minimum absolute atomic E-state index is 1.01. The molecule has 2 heteroatoms. The van der Waals surface area contributed by atoms with Crippen molar-refractivity contribution in [2.75, 3.05) is 0 Å². The van der Waals surface area contributed by atoms with Crippen LogP contribution in [-0.4, -0.2) is 10.2 Å². The molecule has 0 aliphatic carbocycles. The Bertz CT molecular complexity index is 144. The van der Waals surface area contributed by atoms with Crippen LogP contribution in [0.3, 0.4) is 0 Å². The third-order valence-electron chi connectivity index (χ3n) is 1.27. The molecule has 1 radical (unpaired) electrons. The molecule has 0 aliphatic rings. The molecule has 0 saturated heterocycles. The highest BCUT2D eigenvalue weighted by atomic mass is 15.1. The van der Waals surface area contributed by atoms with Gasteiger partial charge in [-0.2, -0.15) is 5.10 Å². The number of aryl methyl sites for hydroxylation is 1. The highest BCUT2D eigenvalue weighted by molar-refractivity contribution is 5.01. The predicted octanol–water partition coefficient (Wildman–Crippen LogP) is 1.57. The SMILES string of the molecule is [CH2]CCCc1cn[nH]c1. The van der Waals surface area contributed by atoms with E-state index in [4.69, 9.17) is 0 Å². The summed E-state index contributed by atoms with van der Waals surface area (Å²) in [5.74, 6) is 0. The van der Waals surface area contributed by atoms with Crippen LogP contribution in [0.4, 0.5) is 0 Å². The van der Waals surface area contributed by atoms with Crippen molar-refractivity contribution in [1.29, 1.82) is 0 Å². The second-order valence-corrected chi connectivity index (χ2v) is 2.06. The van der Waals surface area contributed by atoms with Crippen LogP contribution in [0.25, 0.3) is 0 Å². The first kappa shape index (κ1) is 6.33. The number of aromatic amines is 1. The molecular formula is C7H11N2. The van der Waals surface area contributed by atoms with E-state index in [0.717, 1.165) is 19.3 Å². The lowest BCUT2D eigenvalue weighted by Crippen LogP contribution is -1.78. The number of unbranched alkanes of at least 4 members (excludes halogenated alkanes) is 1. The van der Waals surface area contributed by atoms with Crippen molar-refractivity contribution in [2.45, 2.75) is 19.3 Å². The first-order chi connectivity index (χ1) is 4.43. The van der Waals surface area contributed by atoms with Crippen LogP contribution in [0.5, 0.6) is 0 Å². The van der Waals surface area contributed by atoms with E-state index in [1.807, 2.05) is 12.4 Å². The molecule has 2 nitrogen and oxygen atoms in total. The molecule has 0 spiro atoms. The number of rotatable bonds is 3. The molecule has 0 fully saturated rings. The Labute approximate surface area is 55.3 Å². The molecule has 1 heterocycles. The molecule has 49 valence electrons. The Morgan fingerprint density at radius 2 is 2.56 bits per heavy atom. The van der Waals surface area contributed by atoms with Crippen LogP contribution in [0.2, 0.25) is 0 Å². The van der Waals surface area contributed by atoms with Crippen molar-refractivity contribution in [3.05, 3.63) is 24.9 Å². The molecule has 0 atom stereocenters. The summed E-state index contributed by atoms with van der Waals surface area (Å²) in [7, 11) is 0. The second kappa shape index (κ2) is 3.28. The summed E-state index contributed by atoms with van der Waals surface area (Å²) in [6, 6.07) is 0. The zero-order chi connectivity index (χ0) is 6.53. The average molecular weight is 123 g/mol. The van der Waals surface area contributed by atoms with Gasteiger partial charge in [-0.15, -0.1) is 0 Å². The van der Waals surface area contributed by atoms with Crippen molar-refractivity contribution in [1.82, 2.24) is 10.2 Å². The summed E-state index contributed by atoms with van der Waals surface area (Å²) >= 11 is 0. The number of nitrogens with one attached hydrogen (secondary N) is 1. The molecule has 1 rings (SSSR count). The van der Waals surface area contributed by atoms with Gasteiger partial charge in [0.15, 0.2) is 0 Å². The molecule has 0 saturated carbocycles. The molecule has 0 aliphatic heterocycles. The lowest BCUT2D eigenvalue weighted by Gasteiger charge is -1.89. The molecule has 0 unspecified atom stereocenters. The van der Waals surface area contributed by atoms with Crippen LogP contribution < -0.4 is 0 Å². The Morgan fingerprint density at radius 1 is 1.67 bits per heavy atom. The van der Waals surface area contributed by atoms with Crippen molar-refractivity contribution in [3.63, 3.8) is 0 Å². The van der Waals surface area contributed by atoms with Gasteiger partial charge in [-0.3, -0.25) is 5.10 Å². The Morgan fingerprint density at radius 3 is 3.11 bits per heavy atom. The number of H-pyrrole nitrogens is 1. The van der Waals surface area contributed by atoms with E-state index in [-0.39, 0.29) is 0 Å². The first-order valence-corrected chi connectivity index (χ1v) is 3.20. The predicted molar refractivity (Wildman–Crippen MR) is 36.9 cm³/mol. The van der Waals surface area contributed by atoms with Crippen LogP contribution in [0.1, 0.15) is 18.4 Å². The minimum Gasteiger partial charge on any atom is -0.285 e. The fourth-order valence-electron chi connectivity index (χ4n) is 0.743. The summed E-state index contributed by atoms with van der Waals surface area (Å²) < 4.78 is 0. The van der Waals surface area contributed by atoms with Gasteiger partial charge in [-0.05, 0) is 18.4 Å². The highest BCUT2D eigenvalue weighted by Gasteiger charge is 1.89. The second-order valence-electron chi connectivity index (χ2n) is 2.06. The number of aromatic nitrogens is 2. The normalized spacial score (nSPS) is 9.89. The maximum Gasteiger partial charge on any atom is 0.0519 e. The lowest BCUT2D eigenvalue weighted by atomic mass is 10.2. The van der Waals surface area contributed by atoms with Gasteiger partial charge in [0.2, 0.25) is 0 Å². The van der Waals surface area contributed by atoms with Gasteiger partial charge in [0.25, 0.3) is 0 Å². The maximum atomic E-state index is 3.83. The van der Waals surface area contributed by atoms with E-state index in [2.05, 4.69) is 17.1 Å². The Hall–Kier alpha value is -0.790. The van der Waals surface area contributed by atoms with Crippen molar-refractivity contribution >= 4 is 0 Å². The zero-order valence-corrected chi connectivity index (χ0v) is 5.43. The molecule has 1 aromatic heterocycles. The van der Waals surface area contributed by atoms with E-state index in [0.29, 0.717) is 0 Å². The zero-order valence-electron chi connectivity index (χ0n) is 5.43. The summed E-state index contributed by atoms with van der Waals surface area (Å²) in [5, 5.41) is 6.60. The van der Waals surface area contributed by atoms with E-state index in [1.165, 1.54) is 5.56 Å². The summed E-state index contributed by atoms with van der Waals surface area (Å²) in [6.07, 6.45) is 7.04. The molecule has 0 bridgehead atoms. The van der Waals surface area contributed by atoms with Gasteiger partial charge in [0.1, 0.15) is 0 Å². The highest BCUT2D eigenvalue weighted by Crippen LogP contribution is 1.99. The van der Waals surface area contributed by atoms with Gasteiger partial charge >= 0.3 is 0 Å². The number of nitrogens with zero attached hydrogens (tertiary/aromatic N) is 1. The molecule has 0 aromatic carbocycles. The molecular weight excluding hydrogens is 112 g/mol. The van der Waals surface area contributed by atoms with E-state index < -0.39 is 0 Å². The molecule has 9 heavy (non-hydrogen) atoms. The van der Waals surface area contributed by atoms with E-state index in [9.17, 15) is 0 Å². The van der Waals surface area contributed by atoms with Gasteiger partial charge in [0.05, 0.1) is 6.20 Å². The van der Waals surface area contributed by atoms with Gasteiger partial charge in [0, 0.05) is 6.20 Å². The Balaban J connectivity index is 2.30. The molecule has 1 N–H and O–H groups in total.